The van der Waals surface area contributed by atoms with Gasteiger partial charge in [-0.15, -0.1) is 0 Å². The fourth-order valence-electron chi connectivity index (χ4n) is 4.61. The topological polar surface area (TPSA) is 46.2 Å². The first-order valence-corrected chi connectivity index (χ1v) is 9.85. The lowest BCUT2D eigenvalue weighted by molar-refractivity contribution is -0.136. The summed E-state index contributed by atoms with van der Waals surface area (Å²) in [6.45, 7) is 8.66. The van der Waals surface area contributed by atoms with E-state index in [0.717, 1.165) is 37.8 Å². The van der Waals surface area contributed by atoms with Gasteiger partial charge in [0.25, 0.3) is 0 Å². The molecule has 0 heterocycles. The molecule has 0 saturated heterocycles. The summed E-state index contributed by atoms with van der Waals surface area (Å²) in [6.07, 6.45) is 4.56. The third-order valence-corrected chi connectivity index (χ3v) is 6.04. The number of amides is 1. The van der Waals surface area contributed by atoms with Gasteiger partial charge in [0, 0.05) is 23.4 Å². The monoisotopic (exact) mass is 341 g/mol. The predicted octanol–water partition coefficient (Wildman–Crippen LogP) is 5.27. The summed E-state index contributed by atoms with van der Waals surface area (Å²) in [7, 11) is 0. The Morgan fingerprint density at radius 1 is 1.00 bits per heavy atom. The summed E-state index contributed by atoms with van der Waals surface area (Å²) in [5.74, 6) is 1.47. The smallest absolute Gasteiger partial charge is 0.227 e. The van der Waals surface area contributed by atoms with Gasteiger partial charge in [-0.3, -0.25) is 9.59 Å². The molecule has 3 heteroatoms. The number of benzene rings is 1. The minimum Gasteiger partial charge on any atom is -0.325 e. The molecule has 1 aromatic carbocycles. The van der Waals surface area contributed by atoms with Crippen molar-refractivity contribution in [2.75, 3.05) is 5.32 Å². The highest BCUT2D eigenvalue weighted by Crippen LogP contribution is 2.41. The van der Waals surface area contributed by atoms with E-state index < -0.39 is 0 Å². The van der Waals surface area contributed by atoms with Crippen LogP contribution >= 0.6 is 0 Å². The number of nitrogens with one attached hydrogen (secondary N) is 1. The molecule has 3 nitrogen and oxygen atoms in total. The normalized spacial score (nSPS) is 26.2. The zero-order chi connectivity index (χ0) is 18.1. The van der Waals surface area contributed by atoms with Crippen molar-refractivity contribution in [3.63, 3.8) is 0 Å². The van der Waals surface area contributed by atoms with Gasteiger partial charge in [0.15, 0.2) is 0 Å². The van der Waals surface area contributed by atoms with Crippen LogP contribution in [0.5, 0.6) is 0 Å². The number of fused-ring (bicyclic) bond motifs is 2. The van der Waals surface area contributed by atoms with Gasteiger partial charge < -0.3 is 5.32 Å². The van der Waals surface area contributed by atoms with Crippen LogP contribution in [-0.2, 0) is 9.59 Å². The van der Waals surface area contributed by atoms with Crippen LogP contribution in [0.1, 0.15) is 82.8 Å². The number of ketones is 1. The Morgan fingerprint density at radius 3 is 2.00 bits per heavy atom. The molecule has 0 radical (unpaired) electrons. The van der Waals surface area contributed by atoms with Crippen LogP contribution in [0.2, 0.25) is 0 Å². The predicted molar refractivity (Wildman–Crippen MR) is 102 cm³/mol. The lowest BCUT2D eigenvalue weighted by Crippen LogP contribution is -2.40. The zero-order valence-electron chi connectivity index (χ0n) is 16.0. The van der Waals surface area contributed by atoms with Crippen molar-refractivity contribution in [3.05, 3.63) is 29.3 Å². The average molecular weight is 341 g/mol. The van der Waals surface area contributed by atoms with Crippen LogP contribution in [0.3, 0.4) is 0 Å². The molecule has 25 heavy (non-hydrogen) atoms. The summed E-state index contributed by atoms with van der Waals surface area (Å²) in [5.41, 5.74) is 3.40. The quantitative estimate of drug-likeness (QED) is 0.811. The van der Waals surface area contributed by atoms with Crippen LogP contribution in [0, 0.1) is 17.8 Å². The van der Waals surface area contributed by atoms with E-state index in [4.69, 9.17) is 0 Å². The molecule has 3 rings (SSSR count). The molecule has 0 aromatic heterocycles. The SMILES string of the molecule is CC(C)c1cccc(C(C)C)c1NC(=O)C1C[C@@H]2CCC[C@@H](C1)C2=O. The van der Waals surface area contributed by atoms with E-state index in [2.05, 4.69) is 51.2 Å². The molecule has 1 N–H and O–H groups in total. The van der Waals surface area contributed by atoms with Gasteiger partial charge >= 0.3 is 0 Å². The molecule has 2 aliphatic carbocycles. The molecular formula is C22H31NO2. The van der Waals surface area contributed by atoms with E-state index in [0.29, 0.717) is 17.6 Å². The Morgan fingerprint density at radius 2 is 1.52 bits per heavy atom. The van der Waals surface area contributed by atoms with Gasteiger partial charge in [0.2, 0.25) is 5.91 Å². The Balaban J connectivity index is 1.82. The van der Waals surface area contributed by atoms with Crippen LogP contribution < -0.4 is 5.32 Å². The van der Waals surface area contributed by atoms with E-state index in [1.54, 1.807) is 0 Å². The van der Waals surface area contributed by atoms with Crippen molar-refractivity contribution >= 4 is 17.4 Å². The molecule has 1 amide bonds. The fourth-order valence-corrected chi connectivity index (χ4v) is 4.61. The summed E-state index contributed by atoms with van der Waals surface area (Å²) >= 11 is 0. The Labute approximate surface area is 151 Å². The molecule has 136 valence electrons. The molecule has 1 aromatic rings. The number of Topliss-reactive ketones (excluding diaryl/α,β-unsaturated/α-hetero) is 1. The van der Waals surface area contributed by atoms with Crippen molar-refractivity contribution in [3.8, 4) is 0 Å². The molecule has 2 aliphatic rings. The Hall–Kier alpha value is -1.64. The van der Waals surface area contributed by atoms with Crippen molar-refractivity contribution in [2.24, 2.45) is 17.8 Å². The first-order valence-electron chi connectivity index (χ1n) is 9.85. The third kappa shape index (κ3) is 3.65. The molecule has 2 bridgehead atoms. The Bertz CT molecular complexity index is 620. The van der Waals surface area contributed by atoms with Crippen LogP contribution in [0.4, 0.5) is 5.69 Å². The summed E-state index contributed by atoms with van der Waals surface area (Å²) in [4.78, 5) is 25.3. The second kappa shape index (κ2) is 7.31. The average Bonchev–Trinajstić information content (AvgIpc) is 2.54. The number of carbonyl (C=O) groups excluding carboxylic acids is 2. The first kappa shape index (κ1) is 18.2. The zero-order valence-corrected chi connectivity index (χ0v) is 16.0. The number of hydrogen-bond donors (Lipinski definition) is 1. The lowest BCUT2D eigenvalue weighted by Gasteiger charge is -2.37. The number of anilines is 1. The summed E-state index contributed by atoms with van der Waals surface area (Å²) in [6, 6.07) is 6.32. The molecule has 2 saturated carbocycles. The highest BCUT2D eigenvalue weighted by atomic mass is 16.2. The highest BCUT2D eigenvalue weighted by molar-refractivity contribution is 5.96. The van der Waals surface area contributed by atoms with Gasteiger partial charge in [-0.1, -0.05) is 52.3 Å². The Kier molecular flexibility index (Phi) is 5.31. The maximum Gasteiger partial charge on any atom is 0.227 e. The van der Waals surface area contributed by atoms with Crippen LogP contribution in [0.15, 0.2) is 18.2 Å². The molecule has 2 atom stereocenters. The maximum absolute atomic E-state index is 13.0. The van der Waals surface area contributed by atoms with E-state index in [-0.39, 0.29) is 23.7 Å². The number of carbonyl (C=O) groups is 2. The van der Waals surface area contributed by atoms with Crippen molar-refractivity contribution in [2.45, 2.75) is 71.6 Å². The van der Waals surface area contributed by atoms with Gasteiger partial charge in [-0.25, -0.2) is 0 Å². The second-order valence-electron chi connectivity index (χ2n) is 8.51. The number of hydrogen-bond acceptors (Lipinski definition) is 2. The van der Waals surface area contributed by atoms with Crippen LogP contribution in [-0.4, -0.2) is 11.7 Å². The van der Waals surface area contributed by atoms with Gasteiger partial charge in [0.1, 0.15) is 5.78 Å². The van der Waals surface area contributed by atoms with Crippen LogP contribution in [0.25, 0.3) is 0 Å². The molecule has 0 unspecified atom stereocenters. The first-order chi connectivity index (χ1) is 11.9. The van der Waals surface area contributed by atoms with Gasteiger partial charge in [0.05, 0.1) is 0 Å². The van der Waals surface area contributed by atoms with E-state index in [9.17, 15) is 9.59 Å². The minimum atomic E-state index is -0.0202. The minimum absolute atomic E-state index is 0.0202. The number of rotatable bonds is 4. The van der Waals surface area contributed by atoms with E-state index >= 15 is 0 Å². The third-order valence-electron chi connectivity index (χ3n) is 6.04. The summed E-state index contributed by atoms with van der Waals surface area (Å²) in [5, 5.41) is 3.27. The van der Waals surface area contributed by atoms with Gasteiger partial charge in [-0.2, -0.15) is 0 Å². The summed E-state index contributed by atoms with van der Waals surface area (Å²) < 4.78 is 0. The van der Waals surface area contributed by atoms with Gasteiger partial charge in [-0.05, 0) is 48.6 Å². The molecule has 0 aliphatic heterocycles. The fraction of sp³-hybridized carbons (Fsp3) is 0.636. The molecule has 0 spiro atoms. The second-order valence-corrected chi connectivity index (χ2v) is 8.51. The lowest BCUT2D eigenvalue weighted by atomic mass is 9.67. The molecular weight excluding hydrogens is 310 g/mol. The maximum atomic E-state index is 13.0. The van der Waals surface area contributed by atoms with E-state index in [1.165, 1.54) is 11.1 Å². The number of para-hydroxylation sites is 1. The largest absolute Gasteiger partial charge is 0.325 e. The van der Waals surface area contributed by atoms with E-state index in [1.807, 2.05) is 0 Å². The highest BCUT2D eigenvalue weighted by Gasteiger charge is 2.41. The van der Waals surface area contributed by atoms with Crippen molar-refractivity contribution in [1.82, 2.24) is 0 Å². The molecule has 2 fully saturated rings. The standard InChI is InChI=1S/C22H31NO2/c1-13(2)18-9-6-10-19(14(3)4)20(18)23-22(25)17-11-15-7-5-8-16(12-17)21(15)24/h6,9-10,13-17H,5,7-8,11-12H2,1-4H3,(H,23,25)/t15-,16-/m0/s1. The van der Waals surface area contributed by atoms with Crippen molar-refractivity contribution < 1.29 is 9.59 Å². The van der Waals surface area contributed by atoms with Crippen molar-refractivity contribution in [1.29, 1.82) is 0 Å².